The van der Waals surface area contributed by atoms with Crippen molar-refractivity contribution >= 4 is 10.0 Å². The van der Waals surface area contributed by atoms with Crippen LogP contribution in [0.2, 0.25) is 0 Å². The van der Waals surface area contributed by atoms with E-state index >= 15 is 0 Å². The molecule has 1 atom stereocenters. The minimum absolute atomic E-state index is 0.0740. The molecule has 2 rings (SSSR count). The average Bonchev–Trinajstić information content (AvgIpc) is 2.48. The van der Waals surface area contributed by atoms with E-state index in [1.807, 2.05) is 0 Å². The number of rotatable bonds is 3. The van der Waals surface area contributed by atoms with Crippen LogP contribution in [-0.4, -0.2) is 48.0 Å². The average molecular weight is 316 g/mol. The Hall–Kier alpha value is -1.45. The molecular formula is C12H20N4O4S. The second-order valence-corrected chi connectivity index (χ2v) is 7.15. The number of hydrogen-bond acceptors (Lipinski definition) is 5. The smallest absolute Gasteiger partial charge is 0.316 e. The lowest BCUT2D eigenvalue weighted by Gasteiger charge is -2.31. The summed E-state index contributed by atoms with van der Waals surface area (Å²) in [6, 6.07) is 0.0740. The first kappa shape index (κ1) is 15.9. The molecule has 1 fully saturated rings. The third kappa shape index (κ3) is 2.81. The summed E-state index contributed by atoms with van der Waals surface area (Å²) in [5.74, 6) is 0. The molecule has 1 aliphatic rings. The Bertz CT molecular complexity index is 750. The van der Waals surface area contributed by atoms with Crippen LogP contribution >= 0.6 is 0 Å². The van der Waals surface area contributed by atoms with E-state index in [0.717, 1.165) is 28.2 Å². The molecule has 0 unspecified atom stereocenters. The topological polar surface area (TPSA) is 93.4 Å². The van der Waals surface area contributed by atoms with E-state index in [-0.39, 0.29) is 10.9 Å². The van der Waals surface area contributed by atoms with Crippen molar-refractivity contribution < 1.29 is 8.42 Å². The molecule has 2 heterocycles. The summed E-state index contributed by atoms with van der Waals surface area (Å²) >= 11 is 0. The minimum atomic E-state index is -3.90. The lowest BCUT2D eigenvalue weighted by atomic mass is 10.1. The van der Waals surface area contributed by atoms with Gasteiger partial charge in [0.1, 0.15) is 0 Å². The molecule has 9 heteroatoms. The maximum absolute atomic E-state index is 12.7. The molecule has 0 saturated carbocycles. The number of nitrogens with zero attached hydrogens (tertiary/aromatic N) is 3. The Labute approximate surface area is 123 Å². The van der Waals surface area contributed by atoms with Crippen molar-refractivity contribution in [3.05, 3.63) is 27.0 Å². The van der Waals surface area contributed by atoms with E-state index in [9.17, 15) is 18.0 Å². The largest absolute Gasteiger partial charge is 0.330 e. The zero-order chi connectivity index (χ0) is 15.8. The Morgan fingerprint density at radius 2 is 1.95 bits per heavy atom. The fourth-order valence-electron chi connectivity index (χ4n) is 2.49. The van der Waals surface area contributed by atoms with Gasteiger partial charge in [-0.15, -0.1) is 0 Å². The molecule has 118 valence electrons. The van der Waals surface area contributed by atoms with E-state index in [1.54, 1.807) is 7.05 Å². The molecule has 0 aromatic carbocycles. The van der Waals surface area contributed by atoms with Crippen molar-refractivity contribution in [3.8, 4) is 0 Å². The van der Waals surface area contributed by atoms with Crippen LogP contribution in [0.15, 0.2) is 20.7 Å². The predicted molar refractivity (Wildman–Crippen MR) is 77.8 cm³/mol. The quantitative estimate of drug-likeness (QED) is 0.729. The van der Waals surface area contributed by atoms with Crippen LogP contribution in [0.5, 0.6) is 0 Å². The SMILES string of the molecule is CN[C@H]1CCCN(S(=O)(=O)c2cn(C)c(=O)n(C)c2=O)C1. The van der Waals surface area contributed by atoms with Crippen LogP contribution in [0.25, 0.3) is 0 Å². The Kier molecular flexibility index (Phi) is 4.35. The van der Waals surface area contributed by atoms with Crippen molar-refractivity contribution in [1.29, 1.82) is 0 Å². The monoisotopic (exact) mass is 316 g/mol. The summed E-state index contributed by atoms with van der Waals surface area (Å²) < 4.78 is 28.5. The summed E-state index contributed by atoms with van der Waals surface area (Å²) in [5, 5.41) is 3.06. The van der Waals surface area contributed by atoms with Gasteiger partial charge in [-0.05, 0) is 19.9 Å². The highest BCUT2D eigenvalue weighted by Crippen LogP contribution is 2.18. The molecule has 0 radical (unpaired) electrons. The molecule has 1 aliphatic heterocycles. The maximum Gasteiger partial charge on any atom is 0.330 e. The van der Waals surface area contributed by atoms with E-state index in [1.165, 1.54) is 18.4 Å². The van der Waals surface area contributed by atoms with E-state index in [2.05, 4.69) is 5.32 Å². The normalized spacial score (nSPS) is 20.6. The van der Waals surface area contributed by atoms with Crippen molar-refractivity contribution in [2.75, 3.05) is 20.1 Å². The van der Waals surface area contributed by atoms with Crippen molar-refractivity contribution in [2.45, 2.75) is 23.8 Å². The van der Waals surface area contributed by atoms with Crippen molar-refractivity contribution in [1.82, 2.24) is 18.8 Å². The molecule has 8 nitrogen and oxygen atoms in total. The summed E-state index contributed by atoms with van der Waals surface area (Å²) in [4.78, 5) is 23.4. The highest BCUT2D eigenvalue weighted by molar-refractivity contribution is 7.89. The molecule has 0 aliphatic carbocycles. The zero-order valence-corrected chi connectivity index (χ0v) is 13.2. The van der Waals surface area contributed by atoms with Crippen LogP contribution < -0.4 is 16.6 Å². The van der Waals surface area contributed by atoms with Gasteiger partial charge in [0.2, 0.25) is 10.0 Å². The Morgan fingerprint density at radius 3 is 2.57 bits per heavy atom. The van der Waals surface area contributed by atoms with Gasteiger partial charge in [-0.2, -0.15) is 4.31 Å². The molecule has 21 heavy (non-hydrogen) atoms. The summed E-state index contributed by atoms with van der Waals surface area (Å²) in [7, 11) is 0.585. The third-order valence-corrected chi connectivity index (χ3v) is 5.67. The summed E-state index contributed by atoms with van der Waals surface area (Å²) in [6.45, 7) is 0.706. The Morgan fingerprint density at radius 1 is 1.29 bits per heavy atom. The number of aromatic nitrogens is 2. The van der Waals surface area contributed by atoms with Crippen LogP contribution in [0.3, 0.4) is 0 Å². The van der Waals surface area contributed by atoms with Gasteiger partial charge in [-0.1, -0.05) is 0 Å². The molecule has 1 aromatic heterocycles. The first-order chi connectivity index (χ1) is 9.78. The van der Waals surface area contributed by atoms with Gasteiger partial charge in [0.05, 0.1) is 0 Å². The van der Waals surface area contributed by atoms with E-state index in [0.29, 0.717) is 13.1 Å². The molecule has 1 saturated heterocycles. The number of likely N-dealkylation sites (N-methyl/N-ethyl adjacent to an activating group) is 1. The fraction of sp³-hybridized carbons (Fsp3) is 0.667. The zero-order valence-electron chi connectivity index (χ0n) is 12.4. The van der Waals surface area contributed by atoms with Gasteiger partial charge >= 0.3 is 5.69 Å². The van der Waals surface area contributed by atoms with Crippen LogP contribution in [0, 0.1) is 0 Å². The molecule has 0 amide bonds. The highest BCUT2D eigenvalue weighted by atomic mass is 32.2. The van der Waals surface area contributed by atoms with E-state index in [4.69, 9.17) is 0 Å². The van der Waals surface area contributed by atoms with Crippen molar-refractivity contribution in [2.24, 2.45) is 14.1 Å². The number of hydrogen-bond donors (Lipinski definition) is 1. The van der Waals surface area contributed by atoms with Gasteiger partial charge in [0.25, 0.3) is 5.56 Å². The number of sulfonamides is 1. The number of aryl methyl sites for hydroxylation is 1. The van der Waals surface area contributed by atoms with Gasteiger partial charge in [-0.3, -0.25) is 9.36 Å². The molecule has 1 N–H and O–H groups in total. The lowest BCUT2D eigenvalue weighted by molar-refractivity contribution is 0.292. The Balaban J connectivity index is 2.50. The standard InChI is InChI=1S/C12H20N4O4S/c1-13-9-5-4-6-16(7-9)21(19,20)10-8-14(2)12(18)15(3)11(10)17/h8-9,13H,4-7H2,1-3H3/t9-/m0/s1. The first-order valence-electron chi connectivity index (χ1n) is 6.73. The minimum Gasteiger partial charge on any atom is -0.316 e. The lowest BCUT2D eigenvalue weighted by Crippen LogP contribution is -2.49. The fourth-order valence-corrected chi connectivity index (χ4v) is 4.16. The van der Waals surface area contributed by atoms with Gasteiger partial charge in [0.15, 0.2) is 4.90 Å². The van der Waals surface area contributed by atoms with Crippen molar-refractivity contribution in [3.63, 3.8) is 0 Å². The molecular weight excluding hydrogens is 296 g/mol. The van der Waals surface area contributed by atoms with Crippen LogP contribution in [0.1, 0.15) is 12.8 Å². The molecule has 0 spiro atoms. The molecule has 0 bridgehead atoms. The first-order valence-corrected chi connectivity index (χ1v) is 8.17. The second kappa shape index (κ2) is 5.74. The van der Waals surface area contributed by atoms with Crippen LogP contribution in [-0.2, 0) is 24.1 Å². The summed E-state index contributed by atoms with van der Waals surface area (Å²) in [6.07, 6.45) is 2.73. The van der Waals surface area contributed by atoms with Gasteiger partial charge in [0, 0.05) is 39.4 Å². The third-order valence-electron chi connectivity index (χ3n) is 3.83. The predicted octanol–water partition coefficient (Wildman–Crippen LogP) is -1.54. The van der Waals surface area contributed by atoms with Gasteiger partial charge in [-0.25, -0.2) is 13.2 Å². The molecule has 1 aromatic rings. The number of nitrogens with one attached hydrogen (secondary N) is 1. The van der Waals surface area contributed by atoms with Crippen LogP contribution in [0.4, 0.5) is 0 Å². The highest BCUT2D eigenvalue weighted by Gasteiger charge is 2.32. The number of piperidine rings is 1. The summed E-state index contributed by atoms with van der Waals surface area (Å²) in [5.41, 5.74) is -1.34. The maximum atomic E-state index is 12.7. The van der Waals surface area contributed by atoms with E-state index < -0.39 is 21.3 Å². The second-order valence-electron chi connectivity index (χ2n) is 5.24. The van der Waals surface area contributed by atoms with Gasteiger partial charge < -0.3 is 9.88 Å².